The second-order valence-corrected chi connectivity index (χ2v) is 6.80. The van der Waals surface area contributed by atoms with E-state index in [-0.39, 0.29) is 12.3 Å². The van der Waals surface area contributed by atoms with Crippen LogP contribution in [0, 0.1) is 5.92 Å². The van der Waals surface area contributed by atoms with Crippen molar-refractivity contribution in [2.75, 3.05) is 13.1 Å². The van der Waals surface area contributed by atoms with E-state index in [0.29, 0.717) is 5.92 Å². The van der Waals surface area contributed by atoms with Crippen molar-refractivity contribution in [1.82, 2.24) is 10.2 Å². The number of benzene rings is 1. The number of likely N-dealkylation sites (tertiary alicyclic amines) is 1. The molecule has 1 aliphatic rings. The Morgan fingerprint density at radius 1 is 1.41 bits per heavy atom. The predicted molar refractivity (Wildman–Crippen MR) is 89.2 cm³/mol. The van der Waals surface area contributed by atoms with Gasteiger partial charge in [0.05, 0.1) is 12.5 Å². The van der Waals surface area contributed by atoms with Crippen LogP contribution in [-0.2, 0) is 4.79 Å². The Morgan fingerprint density at radius 3 is 2.68 bits per heavy atom. The monoisotopic (exact) mass is 367 g/mol. The van der Waals surface area contributed by atoms with Gasteiger partial charge in [-0.25, -0.2) is 4.79 Å². The third kappa shape index (κ3) is 4.73. The lowest BCUT2D eigenvalue weighted by Gasteiger charge is -2.31. The number of piperidine rings is 1. The minimum absolute atomic E-state index is 0.0608. The first kappa shape index (κ1) is 16.8. The minimum Gasteiger partial charge on any atom is -0.352 e. The number of nitrogens with zero attached hydrogens (tertiary/aromatic N) is 1. The molecule has 2 rings (SSSR count). The standard InChI is InChI=1S/C16H22BrN3O2/c1-11-5-7-20(8-6-11)15(21)10-14(19-16(18)22)12-3-2-4-13(17)9-12/h2-4,9,11,14H,5-8,10H2,1H3,(H3,18,19,22)/t14-/m0/s1. The molecule has 3 N–H and O–H groups in total. The number of halogens is 1. The SMILES string of the molecule is CC1CCN(C(=O)C[C@H](NC(N)=O)c2cccc(Br)c2)CC1. The van der Waals surface area contributed by atoms with Gasteiger partial charge in [0, 0.05) is 17.6 Å². The zero-order chi connectivity index (χ0) is 16.1. The van der Waals surface area contributed by atoms with Gasteiger partial charge < -0.3 is 16.0 Å². The summed E-state index contributed by atoms with van der Waals surface area (Å²) in [7, 11) is 0. The van der Waals surface area contributed by atoms with Crippen molar-refractivity contribution < 1.29 is 9.59 Å². The quantitative estimate of drug-likeness (QED) is 0.858. The highest BCUT2D eigenvalue weighted by molar-refractivity contribution is 9.10. The zero-order valence-electron chi connectivity index (χ0n) is 12.7. The van der Waals surface area contributed by atoms with E-state index in [0.717, 1.165) is 36.0 Å². The maximum atomic E-state index is 12.5. The lowest BCUT2D eigenvalue weighted by atomic mass is 9.97. The van der Waals surface area contributed by atoms with E-state index < -0.39 is 12.1 Å². The lowest BCUT2D eigenvalue weighted by molar-refractivity contribution is -0.133. The summed E-state index contributed by atoms with van der Waals surface area (Å²) >= 11 is 3.41. The Kier molecular flexibility index (Phi) is 5.83. The average Bonchev–Trinajstić information content (AvgIpc) is 2.46. The van der Waals surface area contributed by atoms with E-state index in [1.165, 1.54) is 0 Å². The molecular weight excluding hydrogens is 346 g/mol. The lowest BCUT2D eigenvalue weighted by Crippen LogP contribution is -2.41. The fourth-order valence-electron chi connectivity index (χ4n) is 2.71. The second-order valence-electron chi connectivity index (χ2n) is 5.88. The zero-order valence-corrected chi connectivity index (χ0v) is 14.3. The van der Waals surface area contributed by atoms with Crippen LogP contribution in [0.5, 0.6) is 0 Å². The van der Waals surface area contributed by atoms with Crippen LogP contribution in [0.15, 0.2) is 28.7 Å². The van der Waals surface area contributed by atoms with Crippen molar-refractivity contribution in [1.29, 1.82) is 0 Å². The molecule has 1 aromatic carbocycles. The van der Waals surface area contributed by atoms with Crippen LogP contribution in [-0.4, -0.2) is 29.9 Å². The van der Waals surface area contributed by atoms with Gasteiger partial charge in [0.1, 0.15) is 0 Å². The molecule has 22 heavy (non-hydrogen) atoms. The minimum atomic E-state index is -0.620. The Labute approximate surface area is 139 Å². The first-order valence-electron chi connectivity index (χ1n) is 7.55. The van der Waals surface area contributed by atoms with Crippen LogP contribution < -0.4 is 11.1 Å². The highest BCUT2D eigenvalue weighted by Gasteiger charge is 2.24. The summed E-state index contributed by atoms with van der Waals surface area (Å²) in [5, 5.41) is 2.67. The van der Waals surface area contributed by atoms with Gasteiger partial charge in [-0.05, 0) is 36.5 Å². The molecule has 0 aliphatic carbocycles. The predicted octanol–water partition coefficient (Wildman–Crippen LogP) is 2.81. The number of hydrogen-bond acceptors (Lipinski definition) is 2. The van der Waals surface area contributed by atoms with Gasteiger partial charge >= 0.3 is 6.03 Å². The number of amides is 3. The van der Waals surface area contributed by atoms with Crippen LogP contribution in [0.4, 0.5) is 4.79 Å². The van der Waals surface area contributed by atoms with Gasteiger partial charge in [0.15, 0.2) is 0 Å². The smallest absolute Gasteiger partial charge is 0.312 e. The Hall–Kier alpha value is -1.56. The van der Waals surface area contributed by atoms with Crippen LogP contribution in [0.1, 0.15) is 37.8 Å². The normalized spacial score (nSPS) is 17.1. The van der Waals surface area contributed by atoms with Crippen LogP contribution >= 0.6 is 15.9 Å². The van der Waals surface area contributed by atoms with Gasteiger partial charge in [-0.15, -0.1) is 0 Å². The van der Waals surface area contributed by atoms with Gasteiger partial charge in [-0.1, -0.05) is 35.0 Å². The Morgan fingerprint density at radius 2 is 2.09 bits per heavy atom. The number of rotatable bonds is 4. The molecule has 5 nitrogen and oxygen atoms in total. The van der Waals surface area contributed by atoms with E-state index >= 15 is 0 Å². The van der Waals surface area contributed by atoms with Gasteiger partial charge in [0.2, 0.25) is 5.91 Å². The molecule has 0 unspecified atom stereocenters. The summed E-state index contributed by atoms with van der Waals surface area (Å²) in [6.07, 6.45) is 2.31. The molecule has 1 aliphatic heterocycles. The molecule has 1 atom stereocenters. The fraction of sp³-hybridized carbons (Fsp3) is 0.500. The molecule has 6 heteroatoms. The summed E-state index contributed by atoms with van der Waals surface area (Å²) in [6.45, 7) is 3.80. The van der Waals surface area contributed by atoms with Crippen molar-refractivity contribution in [3.63, 3.8) is 0 Å². The summed E-state index contributed by atoms with van der Waals surface area (Å²) < 4.78 is 0.903. The molecule has 0 bridgehead atoms. The average molecular weight is 368 g/mol. The molecule has 1 heterocycles. The molecule has 120 valence electrons. The van der Waals surface area contributed by atoms with Gasteiger partial charge in [0.25, 0.3) is 0 Å². The molecule has 1 fully saturated rings. The summed E-state index contributed by atoms with van der Waals surface area (Å²) in [4.78, 5) is 25.6. The molecule has 3 amide bonds. The molecule has 0 spiro atoms. The summed E-state index contributed by atoms with van der Waals surface area (Å²) in [5.74, 6) is 0.735. The largest absolute Gasteiger partial charge is 0.352 e. The number of nitrogens with one attached hydrogen (secondary N) is 1. The van der Waals surface area contributed by atoms with Crippen molar-refractivity contribution >= 4 is 27.9 Å². The molecule has 1 saturated heterocycles. The van der Waals surface area contributed by atoms with Crippen molar-refractivity contribution in [2.45, 2.75) is 32.2 Å². The third-order valence-electron chi connectivity index (χ3n) is 4.08. The van der Waals surface area contributed by atoms with Crippen LogP contribution in [0.2, 0.25) is 0 Å². The summed E-state index contributed by atoms with van der Waals surface area (Å²) in [5.41, 5.74) is 6.12. The highest BCUT2D eigenvalue weighted by Crippen LogP contribution is 2.23. The van der Waals surface area contributed by atoms with E-state index in [1.54, 1.807) is 0 Å². The fourth-order valence-corrected chi connectivity index (χ4v) is 3.13. The molecule has 0 radical (unpaired) electrons. The molecule has 0 aromatic heterocycles. The van der Waals surface area contributed by atoms with Gasteiger partial charge in [-0.2, -0.15) is 0 Å². The number of primary amides is 1. The van der Waals surface area contributed by atoms with Crippen molar-refractivity contribution in [2.24, 2.45) is 11.7 Å². The first-order valence-corrected chi connectivity index (χ1v) is 8.34. The first-order chi connectivity index (χ1) is 10.5. The maximum absolute atomic E-state index is 12.5. The van der Waals surface area contributed by atoms with Gasteiger partial charge in [-0.3, -0.25) is 4.79 Å². The topological polar surface area (TPSA) is 75.4 Å². The summed E-state index contributed by atoms with van der Waals surface area (Å²) in [6, 6.07) is 6.54. The number of hydrogen-bond donors (Lipinski definition) is 2. The number of urea groups is 1. The Balaban J connectivity index is 2.06. The van der Waals surface area contributed by atoms with Crippen LogP contribution in [0.25, 0.3) is 0 Å². The third-order valence-corrected chi connectivity index (χ3v) is 4.58. The molecular formula is C16H22BrN3O2. The molecule has 0 saturated carbocycles. The highest BCUT2D eigenvalue weighted by atomic mass is 79.9. The van der Waals surface area contributed by atoms with Crippen LogP contribution in [0.3, 0.4) is 0 Å². The number of nitrogens with two attached hydrogens (primary N) is 1. The second kappa shape index (κ2) is 7.63. The number of carbonyl (C=O) groups is 2. The maximum Gasteiger partial charge on any atom is 0.312 e. The number of carbonyl (C=O) groups excluding carboxylic acids is 2. The van der Waals surface area contributed by atoms with E-state index in [4.69, 9.17) is 5.73 Å². The Bertz CT molecular complexity index is 542. The molecule has 1 aromatic rings. The van der Waals surface area contributed by atoms with Crippen molar-refractivity contribution in [3.8, 4) is 0 Å². The van der Waals surface area contributed by atoms with E-state index in [1.807, 2.05) is 29.2 Å². The van der Waals surface area contributed by atoms with E-state index in [9.17, 15) is 9.59 Å². The van der Waals surface area contributed by atoms with E-state index in [2.05, 4.69) is 28.2 Å². The van der Waals surface area contributed by atoms with Crippen molar-refractivity contribution in [3.05, 3.63) is 34.3 Å².